The van der Waals surface area contributed by atoms with Gasteiger partial charge in [0.05, 0.1) is 0 Å². The van der Waals surface area contributed by atoms with Crippen LogP contribution in [-0.2, 0) is 28.6 Å². The van der Waals surface area contributed by atoms with Gasteiger partial charge in [-0.2, -0.15) is 0 Å². The van der Waals surface area contributed by atoms with E-state index in [-0.39, 0.29) is 31.1 Å². The summed E-state index contributed by atoms with van der Waals surface area (Å²) in [5, 5.41) is 0. The number of allylic oxidation sites excluding steroid dienone is 14. The van der Waals surface area contributed by atoms with Crippen LogP contribution >= 0.6 is 0 Å². The smallest absolute Gasteiger partial charge is 0.306 e. The lowest BCUT2D eigenvalue weighted by Crippen LogP contribution is -2.30. The van der Waals surface area contributed by atoms with Gasteiger partial charge in [0.25, 0.3) is 0 Å². The van der Waals surface area contributed by atoms with Crippen molar-refractivity contribution in [3.63, 3.8) is 0 Å². The van der Waals surface area contributed by atoms with Crippen LogP contribution in [0.4, 0.5) is 0 Å². The molecule has 0 N–H and O–H groups in total. The molecule has 0 aliphatic rings. The molecule has 0 rings (SSSR count). The minimum atomic E-state index is -0.790. The summed E-state index contributed by atoms with van der Waals surface area (Å²) in [5.41, 5.74) is 0. The summed E-state index contributed by atoms with van der Waals surface area (Å²) in [6.07, 6.45) is 81.5. The number of hydrogen-bond acceptors (Lipinski definition) is 6. The standard InChI is InChI=1S/C68H118O6/c1-4-7-10-13-16-19-22-25-28-30-32-33-34-35-36-38-40-43-46-49-52-55-58-61-67(70)73-64-65(63-72-66(69)60-57-54-51-48-45-42-39-27-24-21-18-15-12-9-6-3)74-68(71)62-59-56-53-50-47-44-41-37-31-29-26-23-20-17-14-11-8-5-2/h7,10,16,19,25,27-28,32-33,35-36,39-40,43,65H,4-6,8-9,11-15,17-18,20-24,26,29-31,34,37-38,41-42,44-64H2,1-3H3/b10-7-,19-16-,28-25-,33-32-,36-35-,39-27-,43-40-. The van der Waals surface area contributed by atoms with Gasteiger partial charge in [-0.05, 0) is 96.3 Å². The molecule has 1 unspecified atom stereocenters. The van der Waals surface area contributed by atoms with Crippen LogP contribution in [0.15, 0.2) is 85.1 Å². The van der Waals surface area contributed by atoms with Crippen molar-refractivity contribution in [1.82, 2.24) is 0 Å². The Balaban J connectivity index is 4.41. The van der Waals surface area contributed by atoms with Crippen LogP contribution in [0.5, 0.6) is 0 Å². The summed E-state index contributed by atoms with van der Waals surface area (Å²) in [7, 11) is 0. The quantitative estimate of drug-likeness (QED) is 0.0261. The molecule has 0 aromatic carbocycles. The Labute approximate surface area is 458 Å². The monoisotopic (exact) mass is 1030 g/mol. The van der Waals surface area contributed by atoms with Gasteiger partial charge < -0.3 is 14.2 Å². The topological polar surface area (TPSA) is 78.9 Å². The van der Waals surface area contributed by atoms with Gasteiger partial charge in [0.2, 0.25) is 0 Å². The maximum absolute atomic E-state index is 12.9. The van der Waals surface area contributed by atoms with Gasteiger partial charge in [0.1, 0.15) is 13.2 Å². The van der Waals surface area contributed by atoms with Gasteiger partial charge in [-0.1, -0.05) is 279 Å². The minimum absolute atomic E-state index is 0.0867. The van der Waals surface area contributed by atoms with Crippen molar-refractivity contribution in [2.75, 3.05) is 13.2 Å². The normalized spacial score (nSPS) is 12.6. The summed E-state index contributed by atoms with van der Waals surface area (Å²) in [6.45, 7) is 6.53. The predicted molar refractivity (Wildman–Crippen MR) is 321 cm³/mol. The number of carbonyl (C=O) groups is 3. The van der Waals surface area contributed by atoms with Crippen LogP contribution in [0.3, 0.4) is 0 Å². The summed E-state index contributed by atoms with van der Waals surface area (Å²) in [5.74, 6) is -0.906. The molecule has 0 aliphatic carbocycles. The highest BCUT2D eigenvalue weighted by Gasteiger charge is 2.19. The first-order chi connectivity index (χ1) is 36.5. The molecular weight excluding hydrogens is 913 g/mol. The highest BCUT2D eigenvalue weighted by Crippen LogP contribution is 2.16. The molecule has 0 aliphatic heterocycles. The van der Waals surface area contributed by atoms with Crippen LogP contribution < -0.4 is 0 Å². The predicted octanol–water partition coefficient (Wildman–Crippen LogP) is 21.5. The molecule has 0 aromatic rings. The van der Waals surface area contributed by atoms with E-state index in [0.717, 1.165) is 116 Å². The van der Waals surface area contributed by atoms with Gasteiger partial charge in [-0.15, -0.1) is 0 Å². The van der Waals surface area contributed by atoms with Crippen molar-refractivity contribution in [3.8, 4) is 0 Å². The molecule has 0 aromatic heterocycles. The van der Waals surface area contributed by atoms with E-state index in [9.17, 15) is 14.4 Å². The first kappa shape index (κ1) is 70.6. The summed E-state index contributed by atoms with van der Waals surface area (Å²) in [6, 6.07) is 0. The van der Waals surface area contributed by atoms with Gasteiger partial charge in [0, 0.05) is 19.3 Å². The molecule has 0 heterocycles. The molecule has 0 bridgehead atoms. The Morgan fingerprint density at radius 1 is 0.284 bits per heavy atom. The van der Waals surface area contributed by atoms with E-state index in [1.165, 1.54) is 154 Å². The molecule has 426 valence electrons. The second kappa shape index (κ2) is 62.1. The molecule has 0 spiro atoms. The second-order valence-corrected chi connectivity index (χ2v) is 20.9. The molecule has 0 saturated carbocycles. The van der Waals surface area contributed by atoms with E-state index < -0.39 is 6.10 Å². The Morgan fingerprint density at radius 3 is 0.838 bits per heavy atom. The van der Waals surface area contributed by atoms with Crippen molar-refractivity contribution in [3.05, 3.63) is 85.1 Å². The van der Waals surface area contributed by atoms with Crippen molar-refractivity contribution in [2.24, 2.45) is 0 Å². The van der Waals surface area contributed by atoms with Gasteiger partial charge in [0.15, 0.2) is 6.10 Å². The molecule has 6 heteroatoms. The fourth-order valence-corrected chi connectivity index (χ4v) is 8.91. The zero-order valence-corrected chi connectivity index (χ0v) is 48.8. The Morgan fingerprint density at radius 2 is 0.527 bits per heavy atom. The molecular formula is C68H118O6. The number of ether oxygens (including phenoxy) is 3. The second-order valence-electron chi connectivity index (χ2n) is 20.9. The van der Waals surface area contributed by atoms with E-state index in [2.05, 4.69) is 106 Å². The fraction of sp³-hybridized carbons (Fsp3) is 0.750. The van der Waals surface area contributed by atoms with Crippen molar-refractivity contribution < 1.29 is 28.6 Å². The number of rotatable bonds is 57. The van der Waals surface area contributed by atoms with Crippen LogP contribution in [-0.4, -0.2) is 37.2 Å². The summed E-state index contributed by atoms with van der Waals surface area (Å²) in [4.78, 5) is 38.3. The van der Waals surface area contributed by atoms with Gasteiger partial charge in [-0.25, -0.2) is 0 Å². The Kier molecular flexibility index (Phi) is 59.3. The Hall–Kier alpha value is -3.41. The highest BCUT2D eigenvalue weighted by molar-refractivity contribution is 5.71. The average Bonchev–Trinajstić information content (AvgIpc) is 3.40. The molecule has 6 nitrogen and oxygen atoms in total. The van der Waals surface area contributed by atoms with Crippen molar-refractivity contribution in [2.45, 2.75) is 316 Å². The first-order valence-corrected chi connectivity index (χ1v) is 31.6. The third-order valence-corrected chi connectivity index (χ3v) is 13.6. The molecule has 1 atom stereocenters. The minimum Gasteiger partial charge on any atom is -0.462 e. The van der Waals surface area contributed by atoms with E-state index in [4.69, 9.17) is 14.2 Å². The lowest BCUT2D eigenvalue weighted by molar-refractivity contribution is -0.167. The lowest BCUT2D eigenvalue weighted by Gasteiger charge is -2.18. The van der Waals surface area contributed by atoms with Crippen molar-refractivity contribution in [1.29, 1.82) is 0 Å². The van der Waals surface area contributed by atoms with Crippen LogP contribution in [0.2, 0.25) is 0 Å². The summed E-state index contributed by atoms with van der Waals surface area (Å²) >= 11 is 0. The number of unbranched alkanes of at least 4 members (excludes halogenated alkanes) is 32. The van der Waals surface area contributed by atoms with E-state index >= 15 is 0 Å². The number of esters is 3. The van der Waals surface area contributed by atoms with E-state index in [1.54, 1.807) is 0 Å². The summed E-state index contributed by atoms with van der Waals surface area (Å²) < 4.78 is 16.9. The SMILES string of the molecule is CC/C=C\C/C=C\C/C=C\C/C=C\C/C=C\C/C=C\CCCCCCC(=O)OCC(COC(=O)CCCCCCC/C=C\CCCCCCCC)OC(=O)CCCCCCCCCCCCCCCCCCCC. The van der Waals surface area contributed by atoms with Crippen molar-refractivity contribution >= 4 is 17.9 Å². The van der Waals surface area contributed by atoms with Crippen LogP contribution in [0.25, 0.3) is 0 Å². The van der Waals surface area contributed by atoms with Crippen LogP contribution in [0, 0.1) is 0 Å². The van der Waals surface area contributed by atoms with E-state index in [0.29, 0.717) is 19.3 Å². The molecule has 74 heavy (non-hydrogen) atoms. The van der Waals surface area contributed by atoms with Gasteiger partial charge >= 0.3 is 17.9 Å². The highest BCUT2D eigenvalue weighted by atomic mass is 16.6. The molecule has 0 radical (unpaired) electrons. The largest absolute Gasteiger partial charge is 0.462 e. The lowest BCUT2D eigenvalue weighted by atomic mass is 10.0. The average molecular weight is 1030 g/mol. The third kappa shape index (κ3) is 59.5. The van der Waals surface area contributed by atoms with Gasteiger partial charge in [-0.3, -0.25) is 14.4 Å². The number of carbonyl (C=O) groups excluding carboxylic acids is 3. The zero-order chi connectivity index (χ0) is 53.6. The fourth-order valence-electron chi connectivity index (χ4n) is 8.91. The molecule has 0 saturated heterocycles. The van der Waals surface area contributed by atoms with Crippen LogP contribution in [0.1, 0.15) is 310 Å². The zero-order valence-electron chi connectivity index (χ0n) is 48.8. The first-order valence-electron chi connectivity index (χ1n) is 31.6. The molecule has 0 amide bonds. The maximum atomic E-state index is 12.9. The maximum Gasteiger partial charge on any atom is 0.306 e. The molecule has 0 fully saturated rings. The third-order valence-electron chi connectivity index (χ3n) is 13.6. The Bertz CT molecular complexity index is 1420. The number of hydrogen-bond donors (Lipinski definition) is 0. The van der Waals surface area contributed by atoms with E-state index in [1.807, 2.05) is 0 Å².